The van der Waals surface area contributed by atoms with Crippen molar-refractivity contribution in [1.82, 2.24) is 0 Å². The van der Waals surface area contributed by atoms with Crippen LogP contribution in [0.4, 0.5) is 11.4 Å². The summed E-state index contributed by atoms with van der Waals surface area (Å²) in [5.41, 5.74) is 2.81. The van der Waals surface area contributed by atoms with Crippen LogP contribution in [0.3, 0.4) is 0 Å². The highest BCUT2D eigenvalue weighted by atomic mass is 16.5. The Bertz CT molecular complexity index is 581. The van der Waals surface area contributed by atoms with Crippen molar-refractivity contribution in [2.24, 2.45) is 5.41 Å². The molecule has 0 radical (unpaired) electrons. The second-order valence-electron chi connectivity index (χ2n) is 6.62. The van der Waals surface area contributed by atoms with E-state index in [1.165, 1.54) is 18.4 Å². The van der Waals surface area contributed by atoms with Crippen molar-refractivity contribution in [3.63, 3.8) is 0 Å². The van der Waals surface area contributed by atoms with E-state index >= 15 is 0 Å². The minimum atomic E-state index is -0.425. The van der Waals surface area contributed by atoms with E-state index in [9.17, 15) is 9.59 Å². The molecule has 0 unspecified atom stereocenters. The van der Waals surface area contributed by atoms with Crippen LogP contribution in [-0.2, 0) is 20.7 Å². The van der Waals surface area contributed by atoms with Gasteiger partial charge < -0.3 is 15.0 Å². The van der Waals surface area contributed by atoms with Gasteiger partial charge in [0.15, 0.2) is 0 Å². The third-order valence-electron chi connectivity index (χ3n) is 4.02. The molecule has 0 saturated carbocycles. The number of esters is 1. The Morgan fingerprint density at radius 3 is 2.73 bits per heavy atom. The zero-order valence-electron chi connectivity index (χ0n) is 13.7. The molecule has 1 aromatic rings. The van der Waals surface area contributed by atoms with Crippen LogP contribution in [0.2, 0.25) is 0 Å². The molecule has 120 valence electrons. The fourth-order valence-corrected chi connectivity index (χ4v) is 2.87. The third-order valence-corrected chi connectivity index (χ3v) is 4.02. The molecule has 0 bridgehead atoms. The Balaban J connectivity index is 2.03. The van der Waals surface area contributed by atoms with Crippen molar-refractivity contribution in [3.05, 3.63) is 23.8 Å². The van der Waals surface area contributed by atoms with Crippen LogP contribution in [0.15, 0.2) is 18.2 Å². The molecule has 5 heteroatoms. The summed E-state index contributed by atoms with van der Waals surface area (Å²) in [6.07, 6.45) is 1.45. The number of ether oxygens (including phenoxy) is 1. The Morgan fingerprint density at radius 2 is 2.05 bits per heavy atom. The minimum Gasteiger partial charge on any atom is -0.469 e. The first-order valence-corrected chi connectivity index (χ1v) is 7.52. The van der Waals surface area contributed by atoms with Crippen molar-refractivity contribution < 1.29 is 14.3 Å². The predicted molar refractivity (Wildman–Crippen MR) is 87.1 cm³/mol. The van der Waals surface area contributed by atoms with Gasteiger partial charge in [0.2, 0.25) is 5.91 Å². The molecule has 0 aromatic heterocycles. The van der Waals surface area contributed by atoms with Gasteiger partial charge in [0, 0.05) is 37.0 Å². The Kier molecular flexibility index (Phi) is 4.74. The highest BCUT2D eigenvalue weighted by molar-refractivity contribution is 5.93. The van der Waals surface area contributed by atoms with Crippen LogP contribution in [0.1, 0.15) is 32.3 Å². The van der Waals surface area contributed by atoms with Gasteiger partial charge in [0.05, 0.1) is 13.5 Å². The lowest BCUT2D eigenvalue weighted by atomic mass is 9.85. The molecule has 0 atom stereocenters. The number of fused-ring (bicyclic) bond motifs is 1. The normalized spacial score (nSPS) is 13.7. The summed E-state index contributed by atoms with van der Waals surface area (Å²) in [5, 5.41) is 2.99. The van der Waals surface area contributed by atoms with Crippen LogP contribution in [0.25, 0.3) is 0 Å². The van der Waals surface area contributed by atoms with Crippen LogP contribution >= 0.6 is 0 Å². The number of hydrogen-bond donors (Lipinski definition) is 1. The molecule has 1 aromatic carbocycles. The van der Waals surface area contributed by atoms with Gasteiger partial charge in [-0.2, -0.15) is 0 Å². The number of benzene rings is 1. The summed E-state index contributed by atoms with van der Waals surface area (Å²) >= 11 is 0. The van der Waals surface area contributed by atoms with Gasteiger partial charge in [-0.15, -0.1) is 0 Å². The maximum atomic E-state index is 12.3. The maximum Gasteiger partial charge on any atom is 0.306 e. The van der Waals surface area contributed by atoms with Crippen LogP contribution in [0, 0.1) is 5.41 Å². The largest absolute Gasteiger partial charge is 0.469 e. The summed E-state index contributed by atoms with van der Waals surface area (Å²) in [6.45, 7) is 4.76. The van der Waals surface area contributed by atoms with E-state index in [1.54, 1.807) is 0 Å². The van der Waals surface area contributed by atoms with E-state index in [0.717, 1.165) is 18.7 Å². The molecule has 2 rings (SSSR count). The van der Waals surface area contributed by atoms with Gasteiger partial charge in [-0.05, 0) is 24.0 Å². The fraction of sp³-hybridized carbons (Fsp3) is 0.529. The number of nitrogens with zero attached hydrogens (tertiary/aromatic N) is 1. The topological polar surface area (TPSA) is 58.6 Å². The first-order chi connectivity index (χ1) is 10.3. The Morgan fingerprint density at radius 1 is 1.32 bits per heavy atom. The molecule has 0 fully saturated rings. The first-order valence-electron chi connectivity index (χ1n) is 7.52. The number of carbonyl (C=O) groups excluding carboxylic acids is 2. The molecule has 1 aliphatic rings. The number of carbonyl (C=O) groups is 2. The highest BCUT2D eigenvalue weighted by Gasteiger charge is 2.27. The van der Waals surface area contributed by atoms with Crippen LogP contribution in [0.5, 0.6) is 0 Å². The molecule has 0 spiro atoms. The zero-order valence-corrected chi connectivity index (χ0v) is 13.7. The average molecular weight is 304 g/mol. The molecular formula is C17H24N2O3. The van der Waals surface area contributed by atoms with Gasteiger partial charge in [0.1, 0.15) is 0 Å². The smallest absolute Gasteiger partial charge is 0.306 e. The van der Waals surface area contributed by atoms with Gasteiger partial charge in [0.25, 0.3) is 0 Å². The van der Waals surface area contributed by atoms with Crippen molar-refractivity contribution >= 4 is 23.3 Å². The van der Waals surface area contributed by atoms with Crippen molar-refractivity contribution in [2.75, 3.05) is 30.9 Å². The van der Waals surface area contributed by atoms with Crippen LogP contribution < -0.4 is 10.2 Å². The quantitative estimate of drug-likeness (QED) is 0.850. The first kappa shape index (κ1) is 16.3. The van der Waals surface area contributed by atoms with Crippen molar-refractivity contribution in [1.29, 1.82) is 0 Å². The van der Waals surface area contributed by atoms with Gasteiger partial charge in [-0.25, -0.2) is 0 Å². The summed E-state index contributed by atoms with van der Waals surface area (Å²) in [7, 11) is 3.42. The van der Waals surface area contributed by atoms with Crippen LogP contribution in [-0.4, -0.2) is 32.6 Å². The molecule has 1 heterocycles. The predicted octanol–water partition coefficient (Wildman–Crippen LogP) is 2.60. The molecule has 1 N–H and O–H groups in total. The standard InChI is InChI=1S/C17H24N2O3/c1-17(2,11-16(21)22-4)10-15(20)18-13-6-5-7-14-12(13)8-9-19(14)3/h5-7H,8-11H2,1-4H3,(H,18,20). The Hall–Kier alpha value is -2.04. The lowest BCUT2D eigenvalue weighted by Gasteiger charge is -2.22. The number of nitrogens with one attached hydrogen (secondary N) is 1. The molecule has 1 aliphatic heterocycles. The third kappa shape index (κ3) is 3.78. The number of amides is 1. The Labute approximate surface area is 131 Å². The lowest BCUT2D eigenvalue weighted by Crippen LogP contribution is -2.25. The molecule has 0 aliphatic carbocycles. The summed E-state index contributed by atoms with van der Waals surface area (Å²) in [4.78, 5) is 25.9. The fourth-order valence-electron chi connectivity index (χ4n) is 2.87. The van der Waals surface area contributed by atoms with Gasteiger partial charge in [-0.3, -0.25) is 9.59 Å². The highest BCUT2D eigenvalue weighted by Crippen LogP contribution is 2.33. The average Bonchev–Trinajstić information content (AvgIpc) is 2.80. The molecule has 22 heavy (non-hydrogen) atoms. The second-order valence-corrected chi connectivity index (χ2v) is 6.62. The lowest BCUT2D eigenvalue weighted by molar-refractivity contribution is -0.143. The monoisotopic (exact) mass is 304 g/mol. The maximum absolute atomic E-state index is 12.3. The minimum absolute atomic E-state index is 0.0724. The van der Waals surface area contributed by atoms with E-state index in [4.69, 9.17) is 0 Å². The zero-order chi connectivity index (χ0) is 16.3. The summed E-state index contributed by atoms with van der Waals surface area (Å²) in [6, 6.07) is 5.96. The molecule has 5 nitrogen and oxygen atoms in total. The number of likely N-dealkylation sites (N-methyl/N-ethyl adjacent to an activating group) is 1. The van der Waals surface area contributed by atoms with E-state index in [0.29, 0.717) is 0 Å². The SMILES string of the molecule is COC(=O)CC(C)(C)CC(=O)Nc1cccc2c1CCN2C. The van der Waals surface area contributed by atoms with Gasteiger partial charge in [-0.1, -0.05) is 19.9 Å². The van der Waals surface area contributed by atoms with E-state index in [1.807, 2.05) is 26.0 Å². The van der Waals surface area contributed by atoms with E-state index in [-0.39, 0.29) is 24.7 Å². The van der Waals surface area contributed by atoms with Crippen molar-refractivity contribution in [3.8, 4) is 0 Å². The molecular weight excluding hydrogens is 280 g/mol. The number of rotatable bonds is 5. The molecule has 0 saturated heterocycles. The van der Waals surface area contributed by atoms with E-state index < -0.39 is 5.41 Å². The number of hydrogen-bond acceptors (Lipinski definition) is 4. The summed E-state index contributed by atoms with van der Waals surface area (Å²) < 4.78 is 4.68. The summed E-state index contributed by atoms with van der Waals surface area (Å²) in [5.74, 6) is -0.364. The van der Waals surface area contributed by atoms with Gasteiger partial charge >= 0.3 is 5.97 Å². The number of methoxy groups -OCH3 is 1. The number of anilines is 2. The van der Waals surface area contributed by atoms with Crippen molar-refractivity contribution in [2.45, 2.75) is 33.1 Å². The molecule has 1 amide bonds. The second kappa shape index (κ2) is 6.38. The van der Waals surface area contributed by atoms with E-state index in [2.05, 4.69) is 28.1 Å².